The number of hydrogen-bond donors (Lipinski definition) is 2. The van der Waals surface area contributed by atoms with Gasteiger partial charge in [-0.25, -0.2) is 13.2 Å². The standard InChI is InChI=1S/C13H8F3NOS/c14-7-5-9(15)12(10(16)6-7)17-13(18)8-3-1-2-4-11(8)19/h1-6,19H,(H,17,18). The number of hydrogen-bond acceptors (Lipinski definition) is 2. The molecule has 0 atom stereocenters. The van der Waals surface area contributed by atoms with E-state index >= 15 is 0 Å². The molecule has 0 aromatic heterocycles. The van der Waals surface area contributed by atoms with Gasteiger partial charge in [0.25, 0.3) is 5.91 Å². The summed E-state index contributed by atoms with van der Waals surface area (Å²) in [6.07, 6.45) is 0. The van der Waals surface area contributed by atoms with E-state index in [1.54, 1.807) is 18.2 Å². The van der Waals surface area contributed by atoms with Gasteiger partial charge < -0.3 is 5.32 Å². The Balaban J connectivity index is 2.32. The van der Waals surface area contributed by atoms with E-state index in [1.807, 2.05) is 0 Å². The number of thiol groups is 1. The van der Waals surface area contributed by atoms with Gasteiger partial charge in [-0.3, -0.25) is 4.79 Å². The normalized spacial score (nSPS) is 10.3. The smallest absolute Gasteiger partial charge is 0.256 e. The van der Waals surface area contributed by atoms with Crippen LogP contribution in [0.25, 0.3) is 0 Å². The van der Waals surface area contributed by atoms with Gasteiger partial charge in [-0.2, -0.15) is 0 Å². The lowest BCUT2D eigenvalue weighted by atomic mass is 10.2. The number of amides is 1. The topological polar surface area (TPSA) is 29.1 Å². The number of benzene rings is 2. The van der Waals surface area contributed by atoms with E-state index in [9.17, 15) is 18.0 Å². The molecule has 0 saturated heterocycles. The highest BCUT2D eigenvalue weighted by molar-refractivity contribution is 7.80. The van der Waals surface area contributed by atoms with Gasteiger partial charge in [-0.1, -0.05) is 12.1 Å². The molecule has 2 aromatic carbocycles. The first-order valence-corrected chi connectivity index (χ1v) is 5.67. The van der Waals surface area contributed by atoms with Crippen LogP contribution >= 0.6 is 12.6 Å². The number of halogens is 3. The Kier molecular flexibility index (Phi) is 3.80. The van der Waals surface area contributed by atoms with Crippen molar-refractivity contribution in [1.82, 2.24) is 0 Å². The number of anilines is 1. The summed E-state index contributed by atoms with van der Waals surface area (Å²) in [4.78, 5) is 12.2. The largest absolute Gasteiger partial charge is 0.317 e. The first-order chi connectivity index (χ1) is 8.99. The molecule has 1 amide bonds. The molecule has 0 fully saturated rings. The Bertz CT molecular complexity index is 623. The van der Waals surface area contributed by atoms with Crippen LogP contribution in [0.1, 0.15) is 10.4 Å². The van der Waals surface area contributed by atoms with Gasteiger partial charge in [0.15, 0.2) is 11.6 Å². The summed E-state index contributed by atoms with van der Waals surface area (Å²) in [5.41, 5.74) is -0.531. The average molecular weight is 283 g/mol. The molecule has 6 heteroatoms. The number of carbonyl (C=O) groups excluding carboxylic acids is 1. The first-order valence-electron chi connectivity index (χ1n) is 5.23. The molecule has 0 aliphatic rings. The fourth-order valence-corrected chi connectivity index (χ4v) is 1.77. The summed E-state index contributed by atoms with van der Waals surface area (Å²) in [5.74, 6) is -4.14. The molecule has 1 N–H and O–H groups in total. The Morgan fingerprint density at radius 1 is 1.05 bits per heavy atom. The molecule has 0 radical (unpaired) electrons. The molecule has 0 aliphatic heterocycles. The van der Waals surface area contributed by atoms with E-state index < -0.39 is 29.0 Å². The lowest BCUT2D eigenvalue weighted by Crippen LogP contribution is -2.15. The third-order valence-electron chi connectivity index (χ3n) is 2.39. The van der Waals surface area contributed by atoms with Gasteiger partial charge in [0, 0.05) is 17.0 Å². The van der Waals surface area contributed by atoms with Gasteiger partial charge in [0.05, 0.1) is 5.56 Å². The molecule has 98 valence electrons. The minimum Gasteiger partial charge on any atom is -0.317 e. The second-order valence-electron chi connectivity index (χ2n) is 3.72. The molecular formula is C13H8F3NOS. The van der Waals surface area contributed by atoms with Crippen LogP contribution in [0.4, 0.5) is 18.9 Å². The second-order valence-corrected chi connectivity index (χ2v) is 4.20. The Hall–Kier alpha value is -1.95. The zero-order valence-corrected chi connectivity index (χ0v) is 10.3. The van der Waals surface area contributed by atoms with Crippen molar-refractivity contribution in [2.45, 2.75) is 4.90 Å². The van der Waals surface area contributed by atoms with E-state index in [0.29, 0.717) is 17.0 Å². The summed E-state index contributed by atoms with van der Waals surface area (Å²) in [5, 5.41) is 2.06. The van der Waals surface area contributed by atoms with Crippen molar-refractivity contribution >= 4 is 24.2 Å². The minimum absolute atomic E-state index is 0.161. The van der Waals surface area contributed by atoms with Crippen molar-refractivity contribution in [3.05, 3.63) is 59.4 Å². The molecule has 0 unspecified atom stereocenters. The summed E-state index contributed by atoms with van der Waals surface area (Å²) in [6.45, 7) is 0. The predicted octanol–water partition coefficient (Wildman–Crippen LogP) is 3.64. The van der Waals surface area contributed by atoms with Crippen LogP contribution < -0.4 is 5.32 Å². The minimum atomic E-state index is -1.18. The Morgan fingerprint density at radius 3 is 2.21 bits per heavy atom. The zero-order chi connectivity index (χ0) is 14.0. The van der Waals surface area contributed by atoms with E-state index in [1.165, 1.54) is 6.07 Å². The van der Waals surface area contributed by atoms with E-state index in [-0.39, 0.29) is 5.56 Å². The Morgan fingerprint density at radius 2 is 1.63 bits per heavy atom. The van der Waals surface area contributed by atoms with Gasteiger partial charge >= 0.3 is 0 Å². The Labute approximate surface area is 112 Å². The van der Waals surface area contributed by atoms with Crippen molar-refractivity contribution in [2.75, 3.05) is 5.32 Å². The maximum atomic E-state index is 13.4. The monoisotopic (exact) mass is 283 g/mol. The van der Waals surface area contributed by atoms with Crippen LogP contribution in [0.2, 0.25) is 0 Å². The molecule has 2 rings (SSSR count). The van der Waals surface area contributed by atoms with Gasteiger partial charge in [-0.15, -0.1) is 12.6 Å². The third-order valence-corrected chi connectivity index (χ3v) is 2.78. The van der Waals surface area contributed by atoms with Crippen LogP contribution in [0, 0.1) is 17.5 Å². The van der Waals surface area contributed by atoms with Crippen molar-refractivity contribution in [3.63, 3.8) is 0 Å². The fraction of sp³-hybridized carbons (Fsp3) is 0. The lowest BCUT2D eigenvalue weighted by molar-refractivity contribution is 0.102. The van der Waals surface area contributed by atoms with Crippen LogP contribution in [-0.2, 0) is 0 Å². The lowest BCUT2D eigenvalue weighted by Gasteiger charge is -2.09. The number of rotatable bonds is 2. The average Bonchev–Trinajstić information content (AvgIpc) is 2.34. The molecule has 0 heterocycles. The highest BCUT2D eigenvalue weighted by atomic mass is 32.1. The van der Waals surface area contributed by atoms with Crippen molar-refractivity contribution in [2.24, 2.45) is 0 Å². The number of carbonyl (C=O) groups is 1. The van der Waals surface area contributed by atoms with Gasteiger partial charge in [-0.05, 0) is 12.1 Å². The summed E-state index contributed by atoms with van der Waals surface area (Å²) in [7, 11) is 0. The molecular weight excluding hydrogens is 275 g/mol. The number of nitrogens with one attached hydrogen (secondary N) is 1. The molecule has 2 nitrogen and oxygen atoms in total. The predicted molar refractivity (Wildman–Crippen MR) is 68.0 cm³/mol. The molecule has 0 bridgehead atoms. The van der Waals surface area contributed by atoms with Crippen LogP contribution in [0.3, 0.4) is 0 Å². The fourth-order valence-electron chi connectivity index (χ4n) is 1.51. The first kappa shape index (κ1) is 13.5. The maximum Gasteiger partial charge on any atom is 0.256 e. The van der Waals surface area contributed by atoms with Crippen molar-refractivity contribution in [1.29, 1.82) is 0 Å². The maximum absolute atomic E-state index is 13.4. The molecule has 0 saturated carbocycles. The molecule has 19 heavy (non-hydrogen) atoms. The zero-order valence-electron chi connectivity index (χ0n) is 9.45. The molecule has 0 aliphatic carbocycles. The quantitative estimate of drug-likeness (QED) is 0.809. The van der Waals surface area contributed by atoms with Crippen LogP contribution in [-0.4, -0.2) is 5.91 Å². The summed E-state index contributed by atoms with van der Waals surface area (Å²) < 4.78 is 39.5. The second kappa shape index (κ2) is 5.36. The third kappa shape index (κ3) is 2.90. The van der Waals surface area contributed by atoms with Crippen molar-refractivity contribution in [3.8, 4) is 0 Å². The SMILES string of the molecule is O=C(Nc1c(F)cc(F)cc1F)c1ccccc1S. The van der Waals surface area contributed by atoms with Crippen LogP contribution in [0.15, 0.2) is 41.3 Å². The van der Waals surface area contributed by atoms with Crippen molar-refractivity contribution < 1.29 is 18.0 Å². The highest BCUT2D eigenvalue weighted by Gasteiger charge is 2.16. The van der Waals surface area contributed by atoms with Gasteiger partial charge in [0.2, 0.25) is 0 Å². The van der Waals surface area contributed by atoms with Crippen LogP contribution in [0.5, 0.6) is 0 Å². The van der Waals surface area contributed by atoms with Gasteiger partial charge in [0.1, 0.15) is 11.5 Å². The highest BCUT2D eigenvalue weighted by Crippen LogP contribution is 2.22. The summed E-state index contributed by atoms with van der Waals surface area (Å²) >= 11 is 4.06. The molecule has 0 spiro atoms. The van der Waals surface area contributed by atoms with E-state index in [2.05, 4.69) is 17.9 Å². The van der Waals surface area contributed by atoms with E-state index in [0.717, 1.165) is 0 Å². The van der Waals surface area contributed by atoms with E-state index in [4.69, 9.17) is 0 Å². The molecule has 2 aromatic rings. The summed E-state index contributed by atoms with van der Waals surface area (Å²) in [6, 6.07) is 7.26.